The van der Waals surface area contributed by atoms with Gasteiger partial charge in [0.15, 0.2) is 6.29 Å². The van der Waals surface area contributed by atoms with Crippen LogP contribution < -0.4 is 0 Å². The van der Waals surface area contributed by atoms with Gasteiger partial charge in [0.1, 0.15) is 11.5 Å². The molecule has 0 fully saturated rings. The number of carbonyl (C=O) groups is 1. The molecule has 0 atom stereocenters. The molecule has 0 aliphatic rings. The van der Waals surface area contributed by atoms with Crippen molar-refractivity contribution in [2.45, 2.75) is 26.3 Å². The lowest BCUT2D eigenvalue weighted by Crippen LogP contribution is -1.98. The van der Waals surface area contributed by atoms with Crippen molar-refractivity contribution < 1.29 is 9.18 Å². The van der Waals surface area contributed by atoms with Crippen LogP contribution in [0.25, 0.3) is 11.3 Å². The topological polar surface area (TPSA) is 47.8 Å². The van der Waals surface area contributed by atoms with E-state index in [4.69, 9.17) is 0 Å². The van der Waals surface area contributed by atoms with E-state index in [2.05, 4.69) is 17.0 Å². The number of nitrogens with zero attached hydrogens (tertiary/aromatic N) is 3. The van der Waals surface area contributed by atoms with E-state index in [0.29, 0.717) is 16.8 Å². The van der Waals surface area contributed by atoms with Gasteiger partial charge in [-0.1, -0.05) is 13.3 Å². The van der Waals surface area contributed by atoms with Gasteiger partial charge in [-0.25, -0.2) is 4.39 Å². The molecule has 2 aromatic heterocycles. The monoisotopic (exact) mass is 247 g/mol. The molecule has 94 valence electrons. The Hall–Kier alpha value is -2.04. The molecule has 0 bridgehead atoms. The fraction of sp³-hybridized carbons (Fsp3) is 0.308. The average molecular weight is 247 g/mol. The molecule has 0 spiro atoms. The molecule has 0 unspecified atom stereocenters. The summed E-state index contributed by atoms with van der Waals surface area (Å²) in [5, 5.41) is 4.31. The zero-order valence-electron chi connectivity index (χ0n) is 10.1. The van der Waals surface area contributed by atoms with Crippen molar-refractivity contribution in [3.63, 3.8) is 0 Å². The minimum atomic E-state index is -0.438. The van der Waals surface area contributed by atoms with Crippen LogP contribution in [0.2, 0.25) is 0 Å². The van der Waals surface area contributed by atoms with Crippen LogP contribution in [-0.2, 0) is 6.54 Å². The molecule has 0 aliphatic heterocycles. The van der Waals surface area contributed by atoms with Crippen LogP contribution in [-0.4, -0.2) is 21.1 Å². The third kappa shape index (κ3) is 2.61. The quantitative estimate of drug-likeness (QED) is 0.763. The van der Waals surface area contributed by atoms with E-state index in [1.807, 2.05) is 0 Å². The van der Waals surface area contributed by atoms with Gasteiger partial charge in [-0.3, -0.25) is 14.5 Å². The Balaban J connectivity index is 2.37. The summed E-state index contributed by atoms with van der Waals surface area (Å²) in [6, 6.07) is 1.33. The fourth-order valence-corrected chi connectivity index (χ4v) is 1.72. The van der Waals surface area contributed by atoms with Crippen LogP contribution in [0.3, 0.4) is 0 Å². The average Bonchev–Trinajstić information content (AvgIpc) is 2.79. The maximum absolute atomic E-state index is 13.1. The van der Waals surface area contributed by atoms with Crippen molar-refractivity contribution in [2.24, 2.45) is 0 Å². The van der Waals surface area contributed by atoms with Crippen molar-refractivity contribution in [2.75, 3.05) is 0 Å². The van der Waals surface area contributed by atoms with Gasteiger partial charge in [-0.15, -0.1) is 0 Å². The molecular weight excluding hydrogens is 233 g/mol. The minimum absolute atomic E-state index is 0.438. The van der Waals surface area contributed by atoms with Gasteiger partial charge in [0, 0.05) is 24.5 Å². The lowest BCUT2D eigenvalue weighted by Gasteiger charge is -1.99. The van der Waals surface area contributed by atoms with Crippen LogP contribution >= 0.6 is 0 Å². The number of rotatable bonds is 5. The predicted molar refractivity (Wildman–Crippen MR) is 65.7 cm³/mol. The smallest absolute Gasteiger partial charge is 0.153 e. The Kier molecular flexibility index (Phi) is 3.82. The second-order valence-corrected chi connectivity index (χ2v) is 4.06. The van der Waals surface area contributed by atoms with Crippen LogP contribution in [0, 0.1) is 5.82 Å². The van der Waals surface area contributed by atoms with Gasteiger partial charge in [-0.05, 0) is 12.5 Å². The first-order valence-corrected chi connectivity index (χ1v) is 5.88. The third-order valence-electron chi connectivity index (χ3n) is 2.64. The van der Waals surface area contributed by atoms with Crippen molar-refractivity contribution in [3.05, 3.63) is 36.0 Å². The Labute approximate surface area is 104 Å². The van der Waals surface area contributed by atoms with Gasteiger partial charge < -0.3 is 0 Å². The number of aldehydes is 1. The van der Waals surface area contributed by atoms with Gasteiger partial charge in [-0.2, -0.15) is 5.10 Å². The Morgan fingerprint density at radius 1 is 1.44 bits per heavy atom. The molecule has 5 heteroatoms. The molecule has 0 radical (unpaired) electrons. The molecule has 2 aromatic rings. The molecule has 0 aliphatic carbocycles. The standard InChI is InChI=1S/C13H14FN3O/c1-2-3-4-17-8-11(9-18)13(16-17)10-5-12(14)7-15-6-10/h5-9H,2-4H2,1H3. The molecule has 0 N–H and O–H groups in total. The van der Waals surface area contributed by atoms with E-state index in [1.54, 1.807) is 10.9 Å². The number of hydrogen-bond acceptors (Lipinski definition) is 3. The van der Waals surface area contributed by atoms with E-state index in [1.165, 1.54) is 12.3 Å². The number of hydrogen-bond donors (Lipinski definition) is 0. The van der Waals surface area contributed by atoms with Crippen molar-refractivity contribution in [3.8, 4) is 11.3 Å². The summed E-state index contributed by atoms with van der Waals surface area (Å²) in [6.07, 6.45) is 7.08. The Bertz CT molecular complexity index is 551. The summed E-state index contributed by atoms with van der Waals surface area (Å²) in [7, 11) is 0. The molecular formula is C13H14FN3O. The Morgan fingerprint density at radius 3 is 2.94 bits per heavy atom. The summed E-state index contributed by atoms with van der Waals surface area (Å²) in [6.45, 7) is 2.83. The number of aromatic nitrogens is 3. The zero-order chi connectivity index (χ0) is 13.0. The highest BCUT2D eigenvalue weighted by Crippen LogP contribution is 2.20. The van der Waals surface area contributed by atoms with Crippen molar-refractivity contribution in [1.29, 1.82) is 0 Å². The highest BCUT2D eigenvalue weighted by molar-refractivity contribution is 5.85. The number of halogens is 1. The normalized spacial score (nSPS) is 10.6. The molecule has 2 rings (SSSR count). The second-order valence-electron chi connectivity index (χ2n) is 4.06. The lowest BCUT2D eigenvalue weighted by atomic mass is 10.1. The summed E-state index contributed by atoms with van der Waals surface area (Å²) < 4.78 is 14.8. The Morgan fingerprint density at radius 2 is 2.28 bits per heavy atom. The molecule has 0 saturated heterocycles. The van der Waals surface area contributed by atoms with Gasteiger partial charge >= 0.3 is 0 Å². The highest BCUT2D eigenvalue weighted by atomic mass is 19.1. The van der Waals surface area contributed by atoms with Gasteiger partial charge in [0.2, 0.25) is 0 Å². The first-order valence-electron chi connectivity index (χ1n) is 5.88. The second kappa shape index (κ2) is 5.53. The van der Waals surface area contributed by atoms with Crippen molar-refractivity contribution >= 4 is 6.29 Å². The molecule has 0 aromatic carbocycles. The number of pyridine rings is 1. The molecule has 18 heavy (non-hydrogen) atoms. The largest absolute Gasteiger partial charge is 0.298 e. The molecule has 2 heterocycles. The molecule has 4 nitrogen and oxygen atoms in total. The van der Waals surface area contributed by atoms with E-state index in [0.717, 1.165) is 31.9 Å². The molecule has 0 saturated carbocycles. The van der Waals surface area contributed by atoms with Crippen LogP contribution in [0.1, 0.15) is 30.1 Å². The highest BCUT2D eigenvalue weighted by Gasteiger charge is 2.11. The maximum atomic E-state index is 13.1. The minimum Gasteiger partial charge on any atom is -0.298 e. The first kappa shape index (κ1) is 12.4. The van der Waals surface area contributed by atoms with E-state index in [-0.39, 0.29) is 0 Å². The number of aryl methyl sites for hydroxylation is 1. The summed E-state index contributed by atoms with van der Waals surface area (Å²) in [5.74, 6) is -0.438. The van der Waals surface area contributed by atoms with Crippen LogP contribution in [0.4, 0.5) is 4.39 Å². The summed E-state index contributed by atoms with van der Waals surface area (Å²) in [4.78, 5) is 14.8. The maximum Gasteiger partial charge on any atom is 0.153 e. The lowest BCUT2D eigenvalue weighted by molar-refractivity contribution is 0.112. The number of unbranched alkanes of at least 4 members (excludes halogenated alkanes) is 1. The summed E-state index contributed by atoms with van der Waals surface area (Å²) >= 11 is 0. The van der Waals surface area contributed by atoms with Gasteiger partial charge in [0.25, 0.3) is 0 Å². The van der Waals surface area contributed by atoms with Gasteiger partial charge in [0.05, 0.1) is 11.8 Å². The summed E-state index contributed by atoms with van der Waals surface area (Å²) in [5.41, 5.74) is 1.46. The predicted octanol–water partition coefficient (Wildman–Crippen LogP) is 2.70. The zero-order valence-corrected chi connectivity index (χ0v) is 10.1. The van der Waals surface area contributed by atoms with E-state index < -0.39 is 5.82 Å². The first-order chi connectivity index (χ1) is 8.74. The van der Waals surface area contributed by atoms with E-state index in [9.17, 15) is 9.18 Å². The SMILES string of the molecule is CCCCn1cc(C=O)c(-c2cncc(F)c2)n1. The van der Waals surface area contributed by atoms with Crippen molar-refractivity contribution in [1.82, 2.24) is 14.8 Å². The molecule has 0 amide bonds. The van der Waals surface area contributed by atoms with Crippen LogP contribution in [0.5, 0.6) is 0 Å². The number of carbonyl (C=O) groups excluding carboxylic acids is 1. The third-order valence-corrected chi connectivity index (χ3v) is 2.64. The van der Waals surface area contributed by atoms with Crippen LogP contribution in [0.15, 0.2) is 24.7 Å². The van der Waals surface area contributed by atoms with E-state index >= 15 is 0 Å². The fourth-order valence-electron chi connectivity index (χ4n) is 1.72.